The van der Waals surface area contributed by atoms with Crippen LogP contribution in [0.4, 0.5) is 0 Å². The van der Waals surface area contributed by atoms with E-state index in [2.05, 4.69) is 15.4 Å². The molecule has 0 bridgehead atoms. The number of aliphatic hydroxyl groups excluding tert-OH is 1. The maximum absolute atomic E-state index is 9.19. The topological polar surface area (TPSA) is 36.4 Å². The molecule has 2 aromatic rings. The lowest BCUT2D eigenvalue weighted by Gasteiger charge is -2.34. The van der Waals surface area contributed by atoms with E-state index < -0.39 is 0 Å². The molecule has 0 spiro atoms. The first-order valence-electron chi connectivity index (χ1n) is 4.88. The van der Waals surface area contributed by atoms with Crippen molar-refractivity contribution in [2.75, 3.05) is 13.1 Å². The summed E-state index contributed by atoms with van der Waals surface area (Å²) >= 11 is 9.02. The lowest BCUT2D eigenvalue weighted by Crippen LogP contribution is -2.46. The molecule has 0 aliphatic carbocycles. The van der Waals surface area contributed by atoms with Gasteiger partial charge in [0.15, 0.2) is 4.47 Å². The van der Waals surface area contributed by atoms with Crippen molar-refractivity contribution in [1.82, 2.24) is 9.29 Å². The van der Waals surface area contributed by atoms with Crippen LogP contribution in [0.5, 0.6) is 0 Å². The first-order chi connectivity index (χ1) is 7.70. The fraction of sp³-hybridized carbons (Fsp3) is 0.300. The summed E-state index contributed by atoms with van der Waals surface area (Å²) in [6.45, 7) is 1.48. The fourth-order valence-corrected chi connectivity index (χ4v) is 3.81. The third-order valence-corrected chi connectivity index (χ3v) is 4.54. The van der Waals surface area contributed by atoms with Crippen molar-refractivity contribution >= 4 is 45.1 Å². The minimum Gasteiger partial charge on any atom is -0.390 e. The highest BCUT2D eigenvalue weighted by Gasteiger charge is 2.25. The van der Waals surface area contributed by atoms with Gasteiger partial charge >= 0.3 is 0 Å². The number of fused-ring (bicyclic) bond motifs is 1. The zero-order valence-corrected chi connectivity index (χ0v) is 10.6. The van der Waals surface area contributed by atoms with E-state index in [-0.39, 0.29) is 6.10 Å². The molecule has 0 atom stereocenters. The molecule has 84 valence electrons. The minimum atomic E-state index is -0.158. The monoisotopic (exact) mass is 272 g/mol. The summed E-state index contributed by atoms with van der Waals surface area (Å²) < 4.78 is 3.82. The van der Waals surface area contributed by atoms with Crippen molar-refractivity contribution in [3.05, 3.63) is 22.7 Å². The normalized spacial score (nSPS) is 17.9. The van der Waals surface area contributed by atoms with Crippen LogP contribution in [0.15, 0.2) is 23.1 Å². The van der Waals surface area contributed by atoms with Crippen LogP contribution in [0.25, 0.3) is 10.2 Å². The molecular weight excluding hydrogens is 264 g/mol. The molecule has 1 N–H and O–H groups in total. The van der Waals surface area contributed by atoms with Crippen molar-refractivity contribution in [3.8, 4) is 0 Å². The summed E-state index contributed by atoms with van der Waals surface area (Å²) in [6, 6.07) is 6.11. The maximum atomic E-state index is 9.19. The fourth-order valence-electron chi connectivity index (χ4n) is 1.57. The van der Waals surface area contributed by atoms with Gasteiger partial charge in [0.2, 0.25) is 0 Å². The second-order valence-electron chi connectivity index (χ2n) is 3.69. The number of benzene rings is 1. The van der Waals surface area contributed by atoms with Crippen LogP contribution in [-0.4, -0.2) is 33.6 Å². The van der Waals surface area contributed by atoms with Gasteiger partial charge in [-0.25, -0.2) is 9.29 Å². The van der Waals surface area contributed by atoms with Gasteiger partial charge < -0.3 is 5.11 Å². The largest absolute Gasteiger partial charge is 0.390 e. The van der Waals surface area contributed by atoms with E-state index in [9.17, 15) is 5.11 Å². The van der Waals surface area contributed by atoms with Crippen molar-refractivity contribution in [2.24, 2.45) is 0 Å². The number of hydrogen-bond donors (Lipinski definition) is 1. The number of aromatic nitrogens is 1. The van der Waals surface area contributed by atoms with Crippen molar-refractivity contribution in [2.45, 2.75) is 11.0 Å². The second-order valence-corrected chi connectivity index (χ2v) is 6.47. The summed E-state index contributed by atoms with van der Waals surface area (Å²) in [5.41, 5.74) is 0.947. The highest BCUT2D eigenvalue weighted by Crippen LogP contribution is 2.32. The predicted molar refractivity (Wildman–Crippen MR) is 68.1 cm³/mol. The molecule has 16 heavy (non-hydrogen) atoms. The van der Waals surface area contributed by atoms with Gasteiger partial charge in [0.05, 0.1) is 16.3 Å². The molecule has 2 heterocycles. The summed E-state index contributed by atoms with van der Waals surface area (Å²) in [7, 11) is 0. The van der Waals surface area contributed by atoms with E-state index in [0.717, 1.165) is 23.3 Å². The molecule has 1 aliphatic heterocycles. The van der Waals surface area contributed by atoms with Crippen LogP contribution in [0.3, 0.4) is 0 Å². The molecule has 0 radical (unpaired) electrons. The van der Waals surface area contributed by atoms with E-state index in [1.54, 1.807) is 11.9 Å². The number of hydrogen-bond acceptors (Lipinski definition) is 5. The van der Waals surface area contributed by atoms with Crippen LogP contribution >= 0.6 is 34.9 Å². The Balaban J connectivity index is 1.82. The number of rotatable bonds is 2. The third-order valence-electron chi connectivity index (χ3n) is 2.40. The summed E-state index contributed by atoms with van der Waals surface area (Å²) in [4.78, 5) is 5.37. The molecule has 0 amide bonds. The summed E-state index contributed by atoms with van der Waals surface area (Å²) in [6.07, 6.45) is -0.158. The standard InChI is InChI=1S/C10H9ClN2OS2/c11-10-12-8-2-1-7(3-9(8)15-10)16-13-4-6(14)5-13/h1-3,6,14H,4-5H2. The highest BCUT2D eigenvalue weighted by molar-refractivity contribution is 7.97. The van der Waals surface area contributed by atoms with E-state index in [1.807, 2.05) is 12.1 Å². The molecule has 1 aliphatic rings. The Morgan fingerprint density at radius 2 is 2.31 bits per heavy atom. The van der Waals surface area contributed by atoms with Crippen molar-refractivity contribution in [1.29, 1.82) is 0 Å². The van der Waals surface area contributed by atoms with E-state index >= 15 is 0 Å². The lowest BCUT2D eigenvalue weighted by molar-refractivity contribution is 0.0616. The number of aliphatic hydroxyl groups is 1. The lowest BCUT2D eigenvalue weighted by atomic mass is 10.2. The Labute approximate surface area is 106 Å². The smallest absolute Gasteiger partial charge is 0.184 e. The summed E-state index contributed by atoms with van der Waals surface area (Å²) in [5.74, 6) is 0. The Morgan fingerprint density at radius 3 is 3.06 bits per heavy atom. The van der Waals surface area contributed by atoms with Crippen LogP contribution < -0.4 is 0 Å². The van der Waals surface area contributed by atoms with Crippen LogP contribution in [0.2, 0.25) is 4.47 Å². The van der Waals surface area contributed by atoms with E-state index in [4.69, 9.17) is 11.6 Å². The quantitative estimate of drug-likeness (QED) is 0.853. The van der Waals surface area contributed by atoms with Gasteiger partial charge in [-0.2, -0.15) is 0 Å². The Hall–Kier alpha value is -0.330. The van der Waals surface area contributed by atoms with Gasteiger partial charge in [0, 0.05) is 18.0 Å². The highest BCUT2D eigenvalue weighted by atomic mass is 35.5. The summed E-state index contributed by atoms with van der Waals surface area (Å²) in [5, 5.41) is 9.19. The molecule has 0 unspecified atom stereocenters. The zero-order valence-electron chi connectivity index (χ0n) is 8.26. The molecule has 3 rings (SSSR count). The van der Waals surface area contributed by atoms with Gasteiger partial charge in [-0.15, -0.1) is 11.3 Å². The molecular formula is C10H9ClN2OS2. The molecule has 1 saturated heterocycles. The van der Waals surface area contributed by atoms with Gasteiger partial charge in [-0.05, 0) is 30.1 Å². The number of nitrogens with zero attached hydrogens (tertiary/aromatic N) is 2. The maximum Gasteiger partial charge on any atom is 0.184 e. The van der Waals surface area contributed by atoms with Crippen molar-refractivity contribution in [3.63, 3.8) is 0 Å². The number of halogens is 1. The first kappa shape index (κ1) is 10.8. The zero-order chi connectivity index (χ0) is 11.1. The molecule has 1 aromatic heterocycles. The van der Waals surface area contributed by atoms with Crippen LogP contribution in [-0.2, 0) is 0 Å². The average molecular weight is 273 g/mol. The minimum absolute atomic E-state index is 0.158. The Bertz CT molecular complexity index is 525. The first-order valence-corrected chi connectivity index (χ1v) is 6.84. The SMILES string of the molecule is OC1CN(Sc2ccc3nc(Cl)sc3c2)C1. The van der Waals surface area contributed by atoms with E-state index in [0.29, 0.717) is 4.47 Å². The molecule has 3 nitrogen and oxygen atoms in total. The Morgan fingerprint density at radius 1 is 1.50 bits per heavy atom. The molecule has 1 fully saturated rings. The van der Waals surface area contributed by atoms with Crippen LogP contribution in [0.1, 0.15) is 0 Å². The molecule has 1 aromatic carbocycles. The number of thiazole rings is 1. The van der Waals surface area contributed by atoms with Gasteiger partial charge in [0.25, 0.3) is 0 Å². The van der Waals surface area contributed by atoms with Gasteiger partial charge in [-0.1, -0.05) is 11.6 Å². The average Bonchev–Trinajstić information content (AvgIpc) is 2.55. The second kappa shape index (κ2) is 4.16. The molecule has 6 heteroatoms. The van der Waals surface area contributed by atoms with Crippen LogP contribution in [0, 0.1) is 0 Å². The number of β-amino-alcohol motifs (C(OH)–C–C–N with tert-alkyl or cyclic N) is 1. The Kier molecular flexibility index (Phi) is 2.81. The van der Waals surface area contributed by atoms with Crippen molar-refractivity contribution < 1.29 is 5.11 Å². The molecule has 0 saturated carbocycles. The predicted octanol–water partition coefficient (Wildman–Crippen LogP) is 2.63. The van der Waals surface area contributed by atoms with Gasteiger partial charge in [0.1, 0.15) is 0 Å². The van der Waals surface area contributed by atoms with E-state index in [1.165, 1.54) is 16.2 Å². The van der Waals surface area contributed by atoms with Gasteiger partial charge in [-0.3, -0.25) is 0 Å². The third kappa shape index (κ3) is 2.06.